The molecule has 0 aliphatic heterocycles. The molecule has 0 radical (unpaired) electrons. The van der Waals surface area contributed by atoms with Crippen molar-refractivity contribution in [3.63, 3.8) is 0 Å². The fraction of sp³-hybridized carbons (Fsp3) is 1.00. The first-order valence-electron chi connectivity index (χ1n) is 16.4. The van der Waals surface area contributed by atoms with Crippen LogP contribution in [0.3, 0.4) is 0 Å². The second-order valence-electron chi connectivity index (χ2n) is 15.9. The van der Waals surface area contributed by atoms with Crippen molar-refractivity contribution in [1.29, 1.82) is 0 Å². The van der Waals surface area contributed by atoms with E-state index in [0.717, 1.165) is 44.9 Å². The van der Waals surface area contributed by atoms with E-state index < -0.39 is 60.8 Å². The molecular formula is C30H54NaO12S3+. The van der Waals surface area contributed by atoms with Gasteiger partial charge in [-0.3, -0.25) is 13.7 Å². The molecule has 0 spiro atoms. The molecule has 16 heteroatoms. The van der Waals surface area contributed by atoms with Gasteiger partial charge in [-0.25, -0.2) is 12.5 Å². The van der Waals surface area contributed by atoms with E-state index in [0.29, 0.717) is 24.2 Å². The molecule has 1 unspecified atom stereocenters. The minimum absolute atomic E-state index is 0. The molecule has 0 saturated heterocycles. The summed E-state index contributed by atoms with van der Waals surface area (Å²) in [6.45, 7) is 15.8. The molecule has 3 N–H and O–H groups in total. The maximum absolute atomic E-state index is 12.1. The Labute approximate surface area is 299 Å². The molecule has 0 bridgehead atoms. The Bertz CT molecular complexity index is 1400. The maximum Gasteiger partial charge on any atom is 1.00 e. The van der Waals surface area contributed by atoms with Crippen LogP contribution in [0.5, 0.6) is 0 Å². The van der Waals surface area contributed by atoms with E-state index in [4.69, 9.17) is 12.5 Å². The average molecular weight is 726 g/mol. The van der Waals surface area contributed by atoms with Crippen molar-refractivity contribution in [3.8, 4) is 0 Å². The van der Waals surface area contributed by atoms with Crippen molar-refractivity contribution in [1.82, 2.24) is 0 Å². The maximum atomic E-state index is 12.1. The van der Waals surface area contributed by atoms with Gasteiger partial charge in [-0.15, -0.1) is 0 Å². The third-order valence-electron chi connectivity index (χ3n) is 13.4. The quantitative estimate of drug-likeness (QED) is 0.197. The molecule has 4 saturated carbocycles. The molecule has 12 nitrogen and oxygen atoms in total. The first kappa shape index (κ1) is 41.0. The summed E-state index contributed by atoms with van der Waals surface area (Å²) in [5.74, 6) is 1.13. The Balaban J connectivity index is 0.00000576. The summed E-state index contributed by atoms with van der Waals surface area (Å²) in [5, 5.41) is 0. The van der Waals surface area contributed by atoms with Crippen molar-refractivity contribution in [3.05, 3.63) is 0 Å². The second-order valence-corrected chi connectivity index (χ2v) is 19.0. The molecular weight excluding hydrogens is 672 g/mol. The van der Waals surface area contributed by atoms with Crippen molar-refractivity contribution in [2.75, 3.05) is 0 Å². The predicted octanol–water partition coefficient (Wildman–Crippen LogP) is 2.92. The van der Waals surface area contributed by atoms with Gasteiger partial charge in [0.1, 0.15) is 12.2 Å². The largest absolute Gasteiger partial charge is 1.00 e. The number of hydrogen-bond acceptors (Lipinski definition) is 9. The first-order chi connectivity index (χ1) is 20.4. The summed E-state index contributed by atoms with van der Waals surface area (Å²) in [5.41, 5.74) is -0.539. The third kappa shape index (κ3) is 8.90. The van der Waals surface area contributed by atoms with Crippen LogP contribution in [-0.2, 0) is 43.7 Å². The van der Waals surface area contributed by atoms with Gasteiger partial charge in [0.15, 0.2) is 0 Å². The van der Waals surface area contributed by atoms with Crippen LogP contribution in [0.2, 0.25) is 0 Å². The van der Waals surface area contributed by atoms with E-state index in [1.165, 1.54) is 0 Å². The minimum Gasteiger partial charge on any atom is -0.264 e. The number of rotatable bonds is 12. The van der Waals surface area contributed by atoms with Gasteiger partial charge in [-0.1, -0.05) is 61.3 Å². The van der Waals surface area contributed by atoms with E-state index in [9.17, 15) is 38.9 Å². The Morgan fingerprint density at radius 2 is 1.26 bits per heavy atom. The van der Waals surface area contributed by atoms with Gasteiger partial charge in [0, 0.05) is 0 Å². The normalized spacial score (nSPS) is 39.8. The van der Waals surface area contributed by atoms with E-state index in [-0.39, 0.29) is 71.0 Å². The van der Waals surface area contributed by atoms with Crippen LogP contribution in [-0.4, -0.2) is 57.2 Å². The van der Waals surface area contributed by atoms with Gasteiger partial charge in [0.25, 0.3) is 0 Å². The Kier molecular flexibility index (Phi) is 12.8. The summed E-state index contributed by atoms with van der Waals surface area (Å²) in [6.07, 6.45) is 3.06. The van der Waals surface area contributed by atoms with Crippen molar-refractivity contribution < 1.29 is 81.0 Å². The zero-order chi connectivity index (χ0) is 34.0. The van der Waals surface area contributed by atoms with Crippen molar-refractivity contribution in [2.24, 2.45) is 57.7 Å². The van der Waals surface area contributed by atoms with Crippen LogP contribution in [0.1, 0.15) is 113 Å². The summed E-state index contributed by atoms with van der Waals surface area (Å²) in [4.78, 5) is 0. The van der Waals surface area contributed by atoms with Crippen LogP contribution >= 0.6 is 0 Å². The second kappa shape index (κ2) is 14.3. The minimum atomic E-state index is -5.07. The molecule has 46 heavy (non-hydrogen) atoms. The van der Waals surface area contributed by atoms with Gasteiger partial charge >= 0.3 is 60.8 Å². The molecule has 4 aliphatic carbocycles. The zero-order valence-corrected chi connectivity index (χ0v) is 33.0. The van der Waals surface area contributed by atoms with E-state index in [2.05, 4.69) is 41.5 Å². The molecule has 12 atom stereocenters. The van der Waals surface area contributed by atoms with Crippen LogP contribution in [0.25, 0.3) is 0 Å². The van der Waals surface area contributed by atoms with E-state index in [1.807, 2.05) is 6.92 Å². The molecule has 264 valence electrons. The zero-order valence-electron chi connectivity index (χ0n) is 28.6. The topological polar surface area (TPSA) is 191 Å². The summed E-state index contributed by atoms with van der Waals surface area (Å²) >= 11 is 0. The predicted molar refractivity (Wildman–Crippen MR) is 167 cm³/mol. The molecule has 0 aromatic heterocycles. The standard InChI is InChI=1S/C30H54O12S3.Na/c1-8-28(4,5)19(3)10-9-18(2)21-11-12-22-20-15-25(40-43(31,32)33)24-16-26(41-44(34,35)36)27(42-45(37,38)39)17-30(24,7)23(20)13-14-29(21,22)6;/h18-27H,8-17H2,1-7H3,(H,31,32,33)(H,34,35,36)(H,37,38,39);/q;+1/t18-,19+,20+,21-,22+,23?,24-,25+,26+,27+,29-,30-;/m1./s1. The fourth-order valence-corrected chi connectivity index (χ4v) is 12.0. The number of fused-ring (bicyclic) bond motifs is 5. The third-order valence-corrected chi connectivity index (χ3v) is 14.9. The van der Waals surface area contributed by atoms with Crippen LogP contribution in [0.15, 0.2) is 0 Å². The van der Waals surface area contributed by atoms with Gasteiger partial charge in [0.2, 0.25) is 0 Å². The summed E-state index contributed by atoms with van der Waals surface area (Å²) in [7, 11) is -15.0. The smallest absolute Gasteiger partial charge is 0.264 e. The molecule has 4 aliphatic rings. The van der Waals surface area contributed by atoms with Gasteiger partial charge < -0.3 is 0 Å². The summed E-state index contributed by atoms with van der Waals surface area (Å²) < 4.78 is 115. The molecule has 0 aromatic carbocycles. The average Bonchev–Trinajstić information content (AvgIpc) is 3.23. The van der Waals surface area contributed by atoms with E-state index in [1.54, 1.807) is 0 Å². The Hall–Kier alpha value is 0.610. The van der Waals surface area contributed by atoms with E-state index >= 15 is 0 Å². The monoisotopic (exact) mass is 725 g/mol. The Morgan fingerprint density at radius 1 is 0.739 bits per heavy atom. The molecule has 0 aromatic rings. The molecule has 0 amide bonds. The Morgan fingerprint density at radius 3 is 1.80 bits per heavy atom. The molecule has 4 rings (SSSR count). The van der Waals surface area contributed by atoms with Gasteiger partial charge in [-0.2, -0.15) is 25.3 Å². The fourth-order valence-electron chi connectivity index (χ4n) is 10.5. The van der Waals surface area contributed by atoms with Crippen LogP contribution < -0.4 is 29.6 Å². The molecule has 4 fully saturated rings. The van der Waals surface area contributed by atoms with Crippen molar-refractivity contribution >= 4 is 31.2 Å². The van der Waals surface area contributed by atoms with Gasteiger partial charge in [0.05, 0.1) is 6.10 Å². The van der Waals surface area contributed by atoms with Crippen LogP contribution in [0.4, 0.5) is 0 Å². The SMILES string of the molecule is CCC(C)(C)[C@@H](C)CC[C@@H](C)[C@H]1CC[C@H]2[C@@H]3C[C@H](OS(=O)(=O)O)[C@H]4C[C@H](OS(=O)(=O)O)[C@@H](OS(=O)(=O)O)C[C@]4(C)C3CC[C@]12C.[Na+]. The molecule has 0 heterocycles. The van der Waals surface area contributed by atoms with Crippen LogP contribution in [0, 0.1) is 57.7 Å². The summed E-state index contributed by atoms with van der Waals surface area (Å²) in [6, 6.07) is 0. The first-order valence-corrected chi connectivity index (χ1v) is 20.5. The van der Waals surface area contributed by atoms with Gasteiger partial charge in [-0.05, 0) is 109 Å². The number of hydrogen-bond donors (Lipinski definition) is 3. The van der Waals surface area contributed by atoms with Crippen molar-refractivity contribution in [2.45, 2.75) is 131 Å².